The molecule has 1 atom stereocenters. The van der Waals surface area contributed by atoms with E-state index >= 15 is 4.39 Å². The van der Waals surface area contributed by atoms with Gasteiger partial charge in [-0.05, 0) is 18.2 Å². The number of nitrogens with two attached hydrogens (primary N) is 1. The number of rotatable bonds is 5. The molecule has 42 heavy (non-hydrogen) atoms. The van der Waals surface area contributed by atoms with Gasteiger partial charge in [-0.2, -0.15) is 13.2 Å². The third kappa shape index (κ3) is 5.62. The second kappa shape index (κ2) is 11.9. The molecule has 1 unspecified atom stereocenters. The van der Waals surface area contributed by atoms with E-state index < -0.39 is 45.6 Å². The standard InChI is InChI=1S/C28H27ClF5N5O2S/c1-3-23(40)37-5-7-38(8-6-37)27-18-10-19(28(32,33)34)24(17-11-20(29)22(31)12-21(17)30)26-25(18)39(15(2)36-27)13-16(14-42-26)41-9-4-35/h3,10-12,16H,1-2,4-9,13-14,35H2. The van der Waals surface area contributed by atoms with Crippen molar-refractivity contribution in [3.8, 4) is 11.1 Å². The maximum absolute atomic E-state index is 15.3. The number of alkyl halides is 3. The van der Waals surface area contributed by atoms with Crippen molar-refractivity contribution in [2.75, 3.05) is 56.5 Å². The van der Waals surface area contributed by atoms with Gasteiger partial charge in [0.15, 0.2) is 0 Å². The highest BCUT2D eigenvalue weighted by Crippen LogP contribution is 2.52. The zero-order valence-electron chi connectivity index (χ0n) is 22.3. The summed E-state index contributed by atoms with van der Waals surface area (Å²) >= 11 is 7.02. The molecule has 2 N–H and O–H groups in total. The molecule has 1 saturated heterocycles. The fourth-order valence-corrected chi connectivity index (χ4v) is 6.72. The fourth-order valence-electron chi connectivity index (χ4n) is 5.28. The highest BCUT2D eigenvalue weighted by Gasteiger charge is 2.43. The Kier molecular flexibility index (Phi) is 8.57. The summed E-state index contributed by atoms with van der Waals surface area (Å²) in [6.45, 7) is 9.52. The minimum absolute atomic E-state index is 0.120. The number of amidine groups is 1. The lowest BCUT2D eigenvalue weighted by Crippen LogP contribution is -2.51. The summed E-state index contributed by atoms with van der Waals surface area (Å²) in [5, 5.41) is -0.511. The molecule has 2 aromatic rings. The van der Waals surface area contributed by atoms with Crippen molar-refractivity contribution in [1.82, 2.24) is 9.80 Å². The number of piperazine rings is 1. The molecular formula is C28H27ClF5N5O2S. The van der Waals surface area contributed by atoms with Crippen molar-refractivity contribution < 1.29 is 31.5 Å². The Hall–Kier alpha value is -3.13. The van der Waals surface area contributed by atoms with Crippen molar-refractivity contribution in [3.05, 3.63) is 71.0 Å². The first-order valence-corrected chi connectivity index (χ1v) is 14.4. The van der Waals surface area contributed by atoms with E-state index in [2.05, 4.69) is 18.2 Å². The number of ether oxygens (including phenoxy) is 1. The Balaban J connectivity index is 1.73. The molecule has 3 heterocycles. The molecular weight excluding hydrogens is 601 g/mol. The van der Waals surface area contributed by atoms with Crippen LogP contribution in [0.2, 0.25) is 5.02 Å². The van der Waals surface area contributed by atoms with Crippen LogP contribution in [0.4, 0.5) is 27.6 Å². The lowest BCUT2D eigenvalue weighted by molar-refractivity contribution is -0.137. The van der Waals surface area contributed by atoms with E-state index in [1.807, 2.05) is 0 Å². The van der Waals surface area contributed by atoms with E-state index in [1.54, 1.807) is 14.7 Å². The van der Waals surface area contributed by atoms with Gasteiger partial charge in [-0.15, -0.1) is 11.8 Å². The molecule has 14 heteroatoms. The number of amides is 1. The van der Waals surface area contributed by atoms with Gasteiger partial charge in [0.2, 0.25) is 5.91 Å². The molecule has 3 aliphatic heterocycles. The van der Waals surface area contributed by atoms with Crippen LogP contribution in [0.1, 0.15) is 11.1 Å². The van der Waals surface area contributed by atoms with Crippen LogP contribution in [0.5, 0.6) is 0 Å². The summed E-state index contributed by atoms with van der Waals surface area (Å²) in [5.41, 5.74) is 4.11. The van der Waals surface area contributed by atoms with Gasteiger partial charge in [0.25, 0.3) is 0 Å². The second-order valence-corrected chi connectivity index (χ2v) is 11.3. The van der Waals surface area contributed by atoms with Crippen LogP contribution in [-0.2, 0) is 15.7 Å². The van der Waals surface area contributed by atoms with Crippen molar-refractivity contribution in [2.45, 2.75) is 17.2 Å². The number of carbonyl (C=O) groups is 1. The van der Waals surface area contributed by atoms with Gasteiger partial charge in [-0.3, -0.25) is 4.79 Å². The predicted octanol–water partition coefficient (Wildman–Crippen LogP) is 5.12. The van der Waals surface area contributed by atoms with Crippen LogP contribution < -0.4 is 10.6 Å². The van der Waals surface area contributed by atoms with Crippen LogP contribution in [0.25, 0.3) is 11.1 Å². The largest absolute Gasteiger partial charge is 0.417 e. The molecule has 7 nitrogen and oxygen atoms in total. The molecule has 0 spiro atoms. The first-order valence-electron chi connectivity index (χ1n) is 13.0. The van der Waals surface area contributed by atoms with Gasteiger partial charge in [0.05, 0.1) is 35.5 Å². The molecule has 2 aromatic carbocycles. The molecule has 0 aromatic heterocycles. The Labute approximate surface area is 248 Å². The number of aliphatic imine (C=N–C) groups is 1. The highest BCUT2D eigenvalue weighted by atomic mass is 35.5. The lowest BCUT2D eigenvalue weighted by Gasteiger charge is -2.40. The van der Waals surface area contributed by atoms with Crippen LogP contribution in [0.15, 0.2) is 53.1 Å². The number of hydrogen-bond acceptors (Lipinski definition) is 7. The molecule has 5 rings (SSSR count). The highest BCUT2D eigenvalue weighted by molar-refractivity contribution is 7.99. The Morgan fingerprint density at radius 2 is 1.88 bits per heavy atom. The molecule has 3 aliphatic rings. The molecule has 0 aliphatic carbocycles. The van der Waals surface area contributed by atoms with Crippen molar-refractivity contribution in [1.29, 1.82) is 0 Å². The quantitative estimate of drug-likeness (QED) is 0.282. The van der Waals surface area contributed by atoms with Crippen LogP contribution in [-0.4, -0.2) is 79.3 Å². The van der Waals surface area contributed by atoms with Crippen molar-refractivity contribution in [2.24, 2.45) is 10.7 Å². The van der Waals surface area contributed by atoms with Gasteiger partial charge in [0, 0.05) is 66.1 Å². The Morgan fingerprint density at radius 1 is 1.17 bits per heavy atom. The maximum Gasteiger partial charge on any atom is 0.417 e. The monoisotopic (exact) mass is 627 g/mol. The number of hydrogen-bond donors (Lipinski definition) is 1. The lowest BCUT2D eigenvalue weighted by atomic mass is 9.92. The van der Waals surface area contributed by atoms with E-state index in [1.165, 1.54) is 6.08 Å². The third-order valence-corrected chi connectivity index (χ3v) is 8.75. The smallest absolute Gasteiger partial charge is 0.374 e. The summed E-state index contributed by atoms with van der Waals surface area (Å²) in [5.74, 6) is -1.77. The van der Waals surface area contributed by atoms with Crippen molar-refractivity contribution >= 4 is 40.8 Å². The van der Waals surface area contributed by atoms with Crippen LogP contribution >= 0.6 is 23.4 Å². The summed E-state index contributed by atoms with van der Waals surface area (Å²) < 4.78 is 79.6. The average Bonchev–Trinajstić information content (AvgIpc) is 3.15. The van der Waals surface area contributed by atoms with Crippen LogP contribution in [0.3, 0.4) is 0 Å². The number of anilines is 1. The average molecular weight is 628 g/mol. The number of thioether (sulfide) groups is 1. The Bertz CT molecular complexity index is 1480. The van der Waals surface area contributed by atoms with E-state index in [9.17, 15) is 22.4 Å². The molecule has 1 fully saturated rings. The van der Waals surface area contributed by atoms with Gasteiger partial charge >= 0.3 is 6.18 Å². The number of halogens is 6. The van der Waals surface area contributed by atoms with Crippen LogP contribution in [0, 0.1) is 11.6 Å². The summed E-state index contributed by atoms with van der Waals surface area (Å²) in [6.07, 6.45) is -4.18. The van der Waals surface area contributed by atoms with Gasteiger partial charge in [-0.1, -0.05) is 24.8 Å². The van der Waals surface area contributed by atoms with Gasteiger partial charge < -0.3 is 25.2 Å². The summed E-state index contributed by atoms with van der Waals surface area (Å²) in [4.78, 5) is 21.9. The van der Waals surface area contributed by atoms with E-state index in [4.69, 9.17) is 22.1 Å². The zero-order valence-corrected chi connectivity index (χ0v) is 23.9. The topological polar surface area (TPSA) is 74.4 Å². The predicted molar refractivity (Wildman–Crippen MR) is 153 cm³/mol. The number of nitrogens with zero attached hydrogens (tertiary/aromatic N) is 4. The third-order valence-electron chi connectivity index (χ3n) is 7.23. The van der Waals surface area contributed by atoms with E-state index in [0.29, 0.717) is 37.9 Å². The molecule has 224 valence electrons. The first kappa shape index (κ1) is 30.3. The molecule has 0 bridgehead atoms. The number of benzene rings is 2. The normalized spacial score (nSPS) is 18.9. The fraction of sp³-hybridized carbons (Fsp3) is 0.357. The SMILES string of the molecule is C=CC(=O)N1CCN(C2=NC(=C)N3CC(OCCN)CSc4c(-c5cc(Cl)c(F)cc5F)c(C(F)(F)F)cc2c43)CC1. The molecule has 1 amide bonds. The summed E-state index contributed by atoms with van der Waals surface area (Å²) in [6, 6.07) is 2.30. The summed E-state index contributed by atoms with van der Waals surface area (Å²) in [7, 11) is 0. The molecule has 0 radical (unpaired) electrons. The minimum Gasteiger partial charge on any atom is -0.374 e. The Morgan fingerprint density at radius 3 is 2.52 bits per heavy atom. The van der Waals surface area contributed by atoms with E-state index in [-0.39, 0.29) is 53.5 Å². The van der Waals surface area contributed by atoms with Gasteiger partial charge in [0.1, 0.15) is 23.3 Å². The molecule has 0 saturated carbocycles. The second-order valence-electron chi connectivity index (χ2n) is 9.84. The maximum atomic E-state index is 15.3. The first-order chi connectivity index (χ1) is 19.9. The van der Waals surface area contributed by atoms with Crippen molar-refractivity contribution in [3.63, 3.8) is 0 Å². The van der Waals surface area contributed by atoms with Gasteiger partial charge in [-0.25, -0.2) is 13.8 Å². The zero-order chi connectivity index (χ0) is 30.3. The van der Waals surface area contributed by atoms with E-state index in [0.717, 1.165) is 23.9 Å². The minimum atomic E-state index is -4.92. The number of carbonyl (C=O) groups excluding carboxylic acids is 1.